The molecular formula is C15H12N6. The summed E-state index contributed by atoms with van der Waals surface area (Å²) in [6.45, 7) is 0.632. The van der Waals surface area contributed by atoms with Crippen molar-refractivity contribution in [1.82, 2.24) is 30.0 Å². The maximum Gasteiger partial charge on any atom is 0.113 e. The summed E-state index contributed by atoms with van der Waals surface area (Å²) < 4.78 is 1.84. The minimum Gasteiger partial charge on any atom is -0.213 e. The van der Waals surface area contributed by atoms with Crippen molar-refractivity contribution in [2.75, 3.05) is 0 Å². The third kappa shape index (κ3) is 2.16. The molecule has 0 aliphatic heterocycles. The van der Waals surface area contributed by atoms with Gasteiger partial charge in [0.05, 0.1) is 30.1 Å². The van der Waals surface area contributed by atoms with Gasteiger partial charge in [-0.05, 0) is 29.8 Å². The molecule has 0 N–H and O–H groups in total. The van der Waals surface area contributed by atoms with E-state index in [0.717, 1.165) is 22.3 Å². The zero-order chi connectivity index (χ0) is 14.1. The van der Waals surface area contributed by atoms with Gasteiger partial charge in [0.1, 0.15) is 5.52 Å². The summed E-state index contributed by atoms with van der Waals surface area (Å²) >= 11 is 0. The highest BCUT2D eigenvalue weighted by Crippen LogP contribution is 2.17. The van der Waals surface area contributed by atoms with Gasteiger partial charge in [0.2, 0.25) is 0 Å². The molecule has 0 aliphatic carbocycles. The van der Waals surface area contributed by atoms with Crippen molar-refractivity contribution >= 4 is 11.0 Å². The highest BCUT2D eigenvalue weighted by molar-refractivity contribution is 5.75. The number of rotatable bonds is 3. The van der Waals surface area contributed by atoms with Gasteiger partial charge in [0.15, 0.2) is 0 Å². The third-order valence-electron chi connectivity index (χ3n) is 3.30. The van der Waals surface area contributed by atoms with Gasteiger partial charge in [-0.1, -0.05) is 29.5 Å². The van der Waals surface area contributed by atoms with E-state index in [0.29, 0.717) is 6.54 Å². The van der Waals surface area contributed by atoms with Gasteiger partial charge in [-0.2, -0.15) is 15.0 Å². The smallest absolute Gasteiger partial charge is 0.113 e. The van der Waals surface area contributed by atoms with Gasteiger partial charge >= 0.3 is 0 Å². The van der Waals surface area contributed by atoms with Crippen LogP contribution in [0.1, 0.15) is 5.56 Å². The molecule has 6 heteroatoms. The summed E-state index contributed by atoms with van der Waals surface area (Å²) in [6, 6.07) is 16.1. The van der Waals surface area contributed by atoms with Crippen LogP contribution in [-0.2, 0) is 6.54 Å². The van der Waals surface area contributed by atoms with Crippen LogP contribution in [0.25, 0.3) is 16.7 Å². The maximum atomic E-state index is 4.23. The topological polar surface area (TPSA) is 61.4 Å². The fourth-order valence-electron chi connectivity index (χ4n) is 2.33. The summed E-state index contributed by atoms with van der Waals surface area (Å²) in [5.74, 6) is 0. The monoisotopic (exact) mass is 276 g/mol. The standard InChI is InChI=1S/C15H12N6/c1-2-7-15-14(6-1)18-19-21(15)13-5-3-4-12(10-13)11-20-16-8-9-17-20/h1-10H,11H2. The van der Waals surface area contributed by atoms with Crippen LogP contribution in [-0.4, -0.2) is 30.0 Å². The van der Waals surface area contributed by atoms with Crippen LogP contribution in [0, 0.1) is 0 Å². The number of fused-ring (bicyclic) bond motifs is 1. The molecule has 0 aliphatic rings. The molecule has 0 spiro atoms. The number of benzene rings is 2. The second-order valence-corrected chi connectivity index (χ2v) is 4.72. The minimum absolute atomic E-state index is 0.632. The first-order valence-electron chi connectivity index (χ1n) is 6.64. The Hall–Kier alpha value is -3.02. The molecule has 0 saturated heterocycles. The van der Waals surface area contributed by atoms with Crippen LogP contribution in [0.4, 0.5) is 0 Å². The van der Waals surface area contributed by atoms with Gasteiger partial charge in [-0.25, -0.2) is 4.68 Å². The zero-order valence-corrected chi connectivity index (χ0v) is 11.2. The van der Waals surface area contributed by atoms with Crippen molar-refractivity contribution < 1.29 is 0 Å². The molecule has 4 aromatic rings. The third-order valence-corrected chi connectivity index (χ3v) is 3.30. The van der Waals surface area contributed by atoms with Crippen molar-refractivity contribution in [2.24, 2.45) is 0 Å². The molecule has 2 heterocycles. The predicted molar refractivity (Wildman–Crippen MR) is 78.0 cm³/mol. The molecule has 0 fully saturated rings. The summed E-state index contributed by atoms with van der Waals surface area (Å²) in [4.78, 5) is 1.65. The van der Waals surface area contributed by atoms with E-state index in [4.69, 9.17) is 0 Å². The van der Waals surface area contributed by atoms with Crippen LogP contribution in [0.15, 0.2) is 60.9 Å². The van der Waals surface area contributed by atoms with E-state index in [9.17, 15) is 0 Å². The number of hydrogen-bond acceptors (Lipinski definition) is 4. The molecule has 0 radical (unpaired) electrons. The van der Waals surface area contributed by atoms with Crippen molar-refractivity contribution in [2.45, 2.75) is 6.54 Å². The first kappa shape index (κ1) is 11.8. The lowest BCUT2D eigenvalue weighted by Gasteiger charge is -2.05. The van der Waals surface area contributed by atoms with E-state index in [1.807, 2.05) is 47.1 Å². The van der Waals surface area contributed by atoms with E-state index < -0.39 is 0 Å². The quantitative estimate of drug-likeness (QED) is 0.574. The fraction of sp³-hybridized carbons (Fsp3) is 0.0667. The van der Waals surface area contributed by atoms with Crippen LogP contribution in [0.2, 0.25) is 0 Å². The second-order valence-electron chi connectivity index (χ2n) is 4.72. The molecule has 4 rings (SSSR count). The molecule has 2 aromatic heterocycles. The molecule has 0 saturated carbocycles. The Balaban J connectivity index is 1.75. The largest absolute Gasteiger partial charge is 0.213 e. The zero-order valence-electron chi connectivity index (χ0n) is 11.2. The van der Waals surface area contributed by atoms with E-state index in [1.165, 1.54) is 0 Å². The molecule has 6 nitrogen and oxygen atoms in total. The molecular weight excluding hydrogens is 264 g/mol. The first-order chi connectivity index (χ1) is 10.4. The Morgan fingerprint density at radius 2 is 1.76 bits per heavy atom. The van der Waals surface area contributed by atoms with Gasteiger partial charge < -0.3 is 0 Å². The Labute approximate surface area is 120 Å². The van der Waals surface area contributed by atoms with E-state index >= 15 is 0 Å². The predicted octanol–water partition coefficient (Wildman–Crippen LogP) is 2.06. The molecule has 0 bridgehead atoms. The van der Waals surface area contributed by atoms with Crippen molar-refractivity contribution in [3.05, 3.63) is 66.5 Å². The van der Waals surface area contributed by atoms with Crippen molar-refractivity contribution in [3.63, 3.8) is 0 Å². The summed E-state index contributed by atoms with van der Waals surface area (Å²) in [6.07, 6.45) is 3.35. The Morgan fingerprint density at radius 3 is 2.67 bits per heavy atom. The Kier molecular flexibility index (Phi) is 2.71. The summed E-state index contributed by atoms with van der Waals surface area (Å²) in [5.41, 5.74) is 3.97. The van der Waals surface area contributed by atoms with Gasteiger partial charge in [-0.15, -0.1) is 5.10 Å². The maximum absolute atomic E-state index is 4.23. The minimum atomic E-state index is 0.632. The van der Waals surface area contributed by atoms with E-state index in [-0.39, 0.29) is 0 Å². The second kappa shape index (κ2) is 4.82. The highest BCUT2D eigenvalue weighted by atomic mass is 15.5. The average molecular weight is 276 g/mol. The molecule has 0 unspecified atom stereocenters. The van der Waals surface area contributed by atoms with Crippen LogP contribution < -0.4 is 0 Å². The Morgan fingerprint density at radius 1 is 0.905 bits per heavy atom. The lowest BCUT2D eigenvalue weighted by molar-refractivity contribution is 0.591. The molecule has 0 atom stereocenters. The lowest BCUT2D eigenvalue weighted by Crippen LogP contribution is -2.04. The average Bonchev–Trinajstić information content (AvgIpc) is 3.16. The molecule has 0 amide bonds. The lowest BCUT2D eigenvalue weighted by atomic mass is 10.2. The number of nitrogens with zero attached hydrogens (tertiary/aromatic N) is 6. The van der Waals surface area contributed by atoms with Crippen LogP contribution in [0.3, 0.4) is 0 Å². The van der Waals surface area contributed by atoms with Crippen LogP contribution in [0.5, 0.6) is 0 Å². The first-order valence-corrected chi connectivity index (χ1v) is 6.64. The molecule has 102 valence electrons. The summed E-state index contributed by atoms with van der Waals surface area (Å²) in [7, 11) is 0. The number of para-hydroxylation sites is 1. The SMILES string of the molecule is c1cc(Cn2nccn2)cc(-n2nnc3ccccc32)c1. The number of aromatic nitrogens is 6. The normalized spacial score (nSPS) is 11.0. The fourth-order valence-corrected chi connectivity index (χ4v) is 2.33. The summed E-state index contributed by atoms with van der Waals surface area (Å²) in [5, 5.41) is 16.7. The van der Waals surface area contributed by atoms with Crippen molar-refractivity contribution in [1.29, 1.82) is 0 Å². The van der Waals surface area contributed by atoms with E-state index in [1.54, 1.807) is 17.2 Å². The molecule has 21 heavy (non-hydrogen) atoms. The molecule has 2 aromatic carbocycles. The number of hydrogen-bond donors (Lipinski definition) is 0. The Bertz CT molecular complexity index is 878. The van der Waals surface area contributed by atoms with Crippen LogP contribution >= 0.6 is 0 Å². The van der Waals surface area contributed by atoms with Crippen molar-refractivity contribution in [3.8, 4) is 5.69 Å². The van der Waals surface area contributed by atoms with E-state index in [2.05, 4.69) is 26.6 Å². The van der Waals surface area contributed by atoms with Gasteiger partial charge in [0, 0.05) is 0 Å². The van der Waals surface area contributed by atoms with Gasteiger partial charge in [0.25, 0.3) is 0 Å². The highest BCUT2D eigenvalue weighted by Gasteiger charge is 2.06. The van der Waals surface area contributed by atoms with Gasteiger partial charge in [-0.3, -0.25) is 0 Å².